The summed E-state index contributed by atoms with van der Waals surface area (Å²) in [4.78, 5) is 13.3. The minimum Gasteiger partial charge on any atom is -0.488 e. The number of fused-ring (bicyclic) bond motifs is 1. The molecule has 1 atom stereocenters. The number of nitrogens with zero attached hydrogens (tertiary/aromatic N) is 2. The summed E-state index contributed by atoms with van der Waals surface area (Å²) in [6.07, 6.45) is 0.659. The van der Waals surface area contributed by atoms with E-state index in [1.54, 1.807) is 10.7 Å². The molecule has 0 bridgehead atoms. The highest BCUT2D eigenvalue weighted by atomic mass is 19.4. The molecule has 0 amide bonds. The van der Waals surface area contributed by atoms with E-state index in [4.69, 9.17) is 4.74 Å². The number of aryl methyl sites for hydroxylation is 1. The number of alkyl halides is 3. The van der Waals surface area contributed by atoms with Gasteiger partial charge in [-0.25, -0.2) is 0 Å². The molecule has 3 aromatic carbocycles. The molecule has 1 aliphatic rings. The van der Waals surface area contributed by atoms with Gasteiger partial charge in [0.25, 0.3) is 0 Å². The van der Waals surface area contributed by atoms with Crippen molar-refractivity contribution in [1.82, 2.24) is 9.78 Å². The summed E-state index contributed by atoms with van der Waals surface area (Å²) in [6, 6.07) is 18.5. The molecule has 0 N–H and O–H groups in total. The topological polar surface area (TPSA) is 44.1 Å². The molecule has 1 aromatic heterocycles. The SMILES string of the molecule is Cn1cc(-c2ccc(CC3Cc4cccc(OCc5ccc(C(F)(F)F)cc5)c4C3=O)cc2)cn1. The lowest BCUT2D eigenvalue weighted by Crippen LogP contribution is -2.13. The van der Waals surface area contributed by atoms with Crippen LogP contribution in [0.15, 0.2) is 79.1 Å². The Morgan fingerprint density at radius 3 is 2.34 bits per heavy atom. The van der Waals surface area contributed by atoms with Crippen molar-refractivity contribution in [3.63, 3.8) is 0 Å². The van der Waals surface area contributed by atoms with Crippen molar-refractivity contribution in [2.24, 2.45) is 13.0 Å². The van der Waals surface area contributed by atoms with Crippen LogP contribution in [0.4, 0.5) is 13.2 Å². The molecule has 4 nitrogen and oxygen atoms in total. The molecule has 0 saturated heterocycles. The molecule has 0 aliphatic heterocycles. The summed E-state index contributed by atoms with van der Waals surface area (Å²) < 4.78 is 46.0. The molecule has 1 aliphatic carbocycles. The van der Waals surface area contributed by atoms with E-state index in [2.05, 4.69) is 5.10 Å². The van der Waals surface area contributed by atoms with E-state index >= 15 is 0 Å². The second-order valence-electron chi connectivity index (χ2n) is 8.84. The van der Waals surface area contributed by atoms with E-state index in [1.165, 1.54) is 12.1 Å². The van der Waals surface area contributed by atoms with Gasteiger partial charge in [-0.1, -0.05) is 48.5 Å². The van der Waals surface area contributed by atoms with Gasteiger partial charge >= 0.3 is 6.18 Å². The van der Waals surface area contributed by atoms with Crippen LogP contribution in [0, 0.1) is 5.92 Å². The molecule has 5 rings (SSSR count). The Kier molecular flexibility index (Phi) is 5.93. The van der Waals surface area contributed by atoms with Gasteiger partial charge in [0.1, 0.15) is 12.4 Å². The number of carbonyl (C=O) groups is 1. The standard InChI is InChI=1S/C28H23F3N2O2/c1-33-16-23(15-32-33)20-9-5-18(6-10-20)13-22-14-21-3-2-4-25(26(21)27(22)34)35-17-19-7-11-24(12-8-19)28(29,30)31/h2-12,15-16,22H,13-14,17H2,1H3. The van der Waals surface area contributed by atoms with Crippen LogP contribution in [0.2, 0.25) is 0 Å². The molecule has 1 unspecified atom stereocenters. The first-order valence-corrected chi connectivity index (χ1v) is 11.3. The van der Waals surface area contributed by atoms with Crippen LogP contribution in [0.3, 0.4) is 0 Å². The van der Waals surface area contributed by atoms with E-state index in [1.807, 2.05) is 55.8 Å². The second-order valence-corrected chi connectivity index (χ2v) is 8.84. The van der Waals surface area contributed by atoms with E-state index in [9.17, 15) is 18.0 Å². The number of ketones is 1. The van der Waals surface area contributed by atoms with Gasteiger partial charge in [0.15, 0.2) is 5.78 Å². The average molecular weight is 476 g/mol. The van der Waals surface area contributed by atoms with Crippen LogP contribution < -0.4 is 4.74 Å². The van der Waals surface area contributed by atoms with Crippen LogP contribution in [0.25, 0.3) is 11.1 Å². The number of carbonyl (C=O) groups excluding carboxylic acids is 1. The van der Waals surface area contributed by atoms with Gasteiger partial charge < -0.3 is 4.74 Å². The number of hydrogen-bond acceptors (Lipinski definition) is 3. The minimum atomic E-state index is -4.37. The van der Waals surface area contributed by atoms with Crippen LogP contribution in [0.5, 0.6) is 5.75 Å². The first kappa shape index (κ1) is 22.9. The molecule has 35 heavy (non-hydrogen) atoms. The summed E-state index contributed by atoms with van der Waals surface area (Å²) in [7, 11) is 1.88. The molecule has 0 fully saturated rings. The molecule has 4 aromatic rings. The number of Topliss-reactive ketones (excluding diaryl/α,β-unsaturated/α-hetero) is 1. The maximum absolute atomic E-state index is 13.3. The average Bonchev–Trinajstić information content (AvgIpc) is 3.41. The van der Waals surface area contributed by atoms with Gasteiger partial charge in [0, 0.05) is 24.7 Å². The van der Waals surface area contributed by atoms with Crippen molar-refractivity contribution in [3.05, 3.63) is 107 Å². The highest BCUT2D eigenvalue weighted by Crippen LogP contribution is 2.36. The molecule has 178 valence electrons. The van der Waals surface area contributed by atoms with E-state index in [0.29, 0.717) is 29.7 Å². The summed E-state index contributed by atoms with van der Waals surface area (Å²) >= 11 is 0. The van der Waals surface area contributed by atoms with E-state index in [-0.39, 0.29) is 18.3 Å². The predicted octanol–water partition coefficient (Wildman–Crippen LogP) is 6.28. The van der Waals surface area contributed by atoms with Crippen LogP contribution in [-0.4, -0.2) is 15.6 Å². The lowest BCUT2D eigenvalue weighted by molar-refractivity contribution is -0.137. The van der Waals surface area contributed by atoms with Crippen molar-refractivity contribution in [3.8, 4) is 16.9 Å². The van der Waals surface area contributed by atoms with E-state index in [0.717, 1.165) is 34.4 Å². The largest absolute Gasteiger partial charge is 0.488 e. The Bertz CT molecular complexity index is 1360. The smallest absolute Gasteiger partial charge is 0.416 e. The maximum atomic E-state index is 13.3. The van der Waals surface area contributed by atoms with Crippen LogP contribution in [-0.2, 0) is 32.7 Å². The first-order valence-electron chi connectivity index (χ1n) is 11.3. The van der Waals surface area contributed by atoms with Crippen molar-refractivity contribution < 1.29 is 22.7 Å². The van der Waals surface area contributed by atoms with Gasteiger partial charge in [-0.15, -0.1) is 0 Å². The number of halogens is 3. The Hall–Kier alpha value is -3.87. The van der Waals surface area contributed by atoms with Crippen molar-refractivity contribution >= 4 is 5.78 Å². The van der Waals surface area contributed by atoms with Gasteiger partial charge in [-0.3, -0.25) is 9.48 Å². The van der Waals surface area contributed by atoms with Gasteiger partial charge in [-0.2, -0.15) is 18.3 Å². The fraction of sp³-hybridized carbons (Fsp3) is 0.214. The quantitative estimate of drug-likeness (QED) is 0.329. The third-order valence-corrected chi connectivity index (χ3v) is 6.35. The Morgan fingerprint density at radius 1 is 0.971 bits per heavy atom. The minimum absolute atomic E-state index is 0.0411. The molecule has 0 spiro atoms. The number of ether oxygens (including phenoxy) is 1. The number of aromatic nitrogens is 2. The summed E-state index contributed by atoms with van der Waals surface area (Å²) in [5, 5.41) is 4.20. The number of rotatable bonds is 6. The number of hydrogen-bond donors (Lipinski definition) is 0. The summed E-state index contributed by atoms with van der Waals surface area (Å²) in [6.45, 7) is 0.0857. The van der Waals surface area contributed by atoms with E-state index < -0.39 is 11.7 Å². The predicted molar refractivity (Wildman–Crippen MR) is 126 cm³/mol. The summed E-state index contributed by atoms with van der Waals surface area (Å²) in [5.74, 6) is 0.339. The zero-order chi connectivity index (χ0) is 24.6. The zero-order valence-electron chi connectivity index (χ0n) is 19.0. The zero-order valence-corrected chi connectivity index (χ0v) is 19.0. The van der Waals surface area contributed by atoms with Crippen molar-refractivity contribution in [2.45, 2.75) is 25.6 Å². The van der Waals surface area contributed by atoms with Crippen LogP contribution in [0.1, 0.15) is 32.6 Å². The lowest BCUT2D eigenvalue weighted by atomic mass is 9.94. The Labute approximate surface area is 201 Å². The molecular formula is C28H23F3N2O2. The summed E-state index contributed by atoms with van der Waals surface area (Å²) in [5.41, 5.74) is 4.61. The molecular weight excluding hydrogens is 453 g/mol. The Morgan fingerprint density at radius 2 is 1.69 bits per heavy atom. The second kappa shape index (κ2) is 9.06. The normalized spacial score (nSPS) is 15.3. The van der Waals surface area contributed by atoms with Crippen molar-refractivity contribution in [2.75, 3.05) is 0 Å². The van der Waals surface area contributed by atoms with Gasteiger partial charge in [0.05, 0.1) is 17.3 Å². The van der Waals surface area contributed by atoms with Crippen molar-refractivity contribution in [1.29, 1.82) is 0 Å². The van der Waals surface area contributed by atoms with Crippen LogP contribution >= 0.6 is 0 Å². The molecule has 0 radical (unpaired) electrons. The fourth-order valence-corrected chi connectivity index (χ4v) is 4.51. The fourth-order valence-electron chi connectivity index (χ4n) is 4.51. The monoisotopic (exact) mass is 476 g/mol. The molecule has 1 heterocycles. The first-order chi connectivity index (χ1) is 16.8. The van der Waals surface area contributed by atoms with Gasteiger partial charge in [-0.05, 0) is 53.3 Å². The third kappa shape index (κ3) is 4.85. The highest BCUT2D eigenvalue weighted by molar-refractivity contribution is 6.04. The molecule has 0 saturated carbocycles. The third-order valence-electron chi connectivity index (χ3n) is 6.35. The highest BCUT2D eigenvalue weighted by Gasteiger charge is 2.33. The maximum Gasteiger partial charge on any atom is 0.416 e. The number of benzene rings is 3. The van der Waals surface area contributed by atoms with Gasteiger partial charge in [0.2, 0.25) is 0 Å². The lowest BCUT2D eigenvalue weighted by Gasteiger charge is -2.12. The molecule has 7 heteroatoms. The Balaban J connectivity index is 1.26.